The van der Waals surface area contributed by atoms with Crippen LogP contribution in [0.5, 0.6) is 5.75 Å². The molecule has 1 amide bonds. The van der Waals surface area contributed by atoms with E-state index >= 15 is 0 Å². The number of rotatable bonds is 4. The zero-order valence-corrected chi connectivity index (χ0v) is 15.4. The van der Waals surface area contributed by atoms with Crippen molar-refractivity contribution in [2.24, 2.45) is 5.92 Å². The number of hydrogen-bond acceptors (Lipinski definition) is 5. The summed E-state index contributed by atoms with van der Waals surface area (Å²) in [6.45, 7) is 0.343. The summed E-state index contributed by atoms with van der Waals surface area (Å²) in [6.07, 6.45) is 1.30. The molecule has 0 saturated heterocycles. The van der Waals surface area contributed by atoms with Crippen LogP contribution in [0.3, 0.4) is 0 Å². The quantitative estimate of drug-likeness (QED) is 0.738. The highest BCUT2D eigenvalue weighted by Gasteiger charge is 2.27. The van der Waals surface area contributed by atoms with Gasteiger partial charge in [-0.05, 0) is 35.7 Å². The molecule has 1 aromatic heterocycles. The first-order valence-corrected chi connectivity index (χ1v) is 9.45. The Morgan fingerprint density at radius 1 is 1.23 bits per heavy atom. The van der Waals surface area contributed by atoms with Gasteiger partial charge >= 0.3 is 0 Å². The largest absolute Gasteiger partial charge is 0.492 e. The fourth-order valence-electron chi connectivity index (χ4n) is 2.88. The molecule has 0 radical (unpaired) electrons. The molecule has 0 aliphatic carbocycles. The molecule has 2 heterocycles. The highest BCUT2D eigenvalue weighted by atomic mass is 35.5. The summed E-state index contributed by atoms with van der Waals surface area (Å²) >= 11 is 7.42. The van der Waals surface area contributed by atoms with Crippen molar-refractivity contribution in [3.8, 4) is 5.75 Å². The summed E-state index contributed by atoms with van der Waals surface area (Å²) in [5.74, 6) is 0.403. The normalized spacial score (nSPS) is 15.8. The number of fused-ring (bicyclic) bond motifs is 1. The maximum Gasteiger partial charge on any atom is 0.233 e. The number of nitrogens with one attached hydrogen (secondary N) is 1. The van der Waals surface area contributed by atoms with Crippen molar-refractivity contribution in [1.29, 1.82) is 0 Å². The number of halogens is 1. The van der Waals surface area contributed by atoms with E-state index in [0.29, 0.717) is 29.6 Å². The maximum absolute atomic E-state index is 12.5. The number of ether oxygens (including phenoxy) is 1. The van der Waals surface area contributed by atoms with Crippen LogP contribution in [0.2, 0.25) is 5.02 Å². The molecule has 1 N–H and O–H groups in total. The van der Waals surface area contributed by atoms with Crippen molar-refractivity contribution in [3.63, 3.8) is 0 Å². The average molecular weight is 386 g/mol. The van der Waals surface area contributed by atoms with Gasteiger partial charge in [0.1, 0.15) is 17.4 Å². The van der Waals surface area contributed by atoms with Crippen LogP contribution in [0.1, 0.15) is 16.1 Å². The molecule has 0 saturated carbocycles. The SMILES string of the molecule is O=C(Nc1nnc(Cc2ccccc2)s1)C1COc2ccc(Cl)cc2C1. The summed E-state index contributed by atoms with van der Waals surface area (Å²) in [4.78, 5) is 12.5. The third-order valence-electron chi connectivity index (χ3n) is 4.19. The molecule has 1 aliphatic rings. The molecule has 1 unspecified atom stereocenters. The number of carbonyl (C=O) groups is 1. The van der Waals surface area contributed by atoms with Crippen molar-refractivity contribution in [1.82, 2.24) is 10.2 Å². The molecule has 2 aromatic carbocycles. The molecule has 0 fully saturated rings. The molecule has 132 valence electrons. The van der Waals surface area contributed by atoms with Gasteiger partial charge < -0.3 is 10.1 Å². The minimum atomic E-state index is -0.276. The van der Waals surface area contributed by atoms with Gasteiger partial charge in [-0.2, -0.15) is 0 Å². The first kappa shape index (κ1) is 17.0. The zero-order valence-electron chi connectivity index (χ0n) is 13.8. The van der Waals surface area contributed by atoms with E-state index in [0.717, 1.165) is 21.9 Å². The van der Waals surface area contributed by atoms with E-state index < -0.39 is 0 Å². The molecule has 0 spiro atoms. The van der Waals surface area contributed by atoms with Gasteiger partial charge in [0, 0.05) is 11.4 Å². The molecule has 4 rings (SSSR count). The number of anilines is 1. The van der Waals surface area contributed by atoms with E-state index in [1.165, 1.54) is 11.3 Å². The van der Waals surface area contributed by atoms with Crippen molar-refractivity contribution < 1.29 is 9.53 Å². The number of hydrogen-bond donors (Lipinski definition) is 1. The molecule has 1 atom stereocenters. The van der Waals surface area contributed by atoms with Crippen molar-refractivity contribution in [3.05, 3.63) is 69.7 Å². The topological polar surface area (TPSA) is 64.1 Å². The second-order valence-electron chi connectivity index (χ2n) is 6.12. The smallest absolute Gasteiger partial charge is 0.233 e. The lowest BCUT2D eigenvalue weighted by Gasteiger charge is -2.24. The zero-order chi connectivity index (χ0) is 17.9. The summed E-state index contributed by atoms with van der Waals surface area (Å²) < 4.78 is 5.68. The molecule has 5 nitrogen and oxygen atoms in total. The number of aromatic nitrogens is 2. The van der Waals surface area contributed by atoms with Crippen LogP contribution < -0.4 is 10.1 Å². The molecule has 0 bridgehead atoms. The Labute approximate surface area is 160 Å². The van der Waals surface area contributed by atoms with Crippen molar-refractivity contribution in [2.75, 3.05) is 11.9 Å². The Kier molecular flexibility index (Phi) is 4.86. The van der Waals surface area contributed by atoms with Crippen LogP contribution in [-0.4, -0.2) is 22.7 Å². The van der Waals surface area contributed by atoms with E-state index in [1.54, 1.807) is 6.07 Å². The van der Waals surface area contributed by atoms with Gasteiger partial charge in [0.25, 0.3) is 0 Å². The van der Waals surface area contributed by atoms with Crippen molar-refractivity contribution >= 4 is 34.0 Å². The van der Waals surface area contributed by atoms with Crippen LogP contribution in [0.4, 0.5) is 5.13 Å². The molecule has 1 aliphatic heterocycles. The van der Waals surface area contributed by atoms with E-state index in [1.807, 2.05) is 42.5 Å². The summed E-state index contributed by atoms with van der Waals surface area (Å²) in [7, 11) is 0. The lowest BCUT2D eigenvalue weighted by Crippen LogP contribution is -2.32. The number of amides is 1. The monoisotopic (exact) mass is 385 g/mol. The fourth-order valence-corrected chi connectivity index (χ4v) is 3.86. The fraction of sp³-hybridized carbons (Fsp3) is 0.211. The van der Waals surface area contributed by atoms with Gasteiger partial charge in [-0.3, -0.25) is 4.79 Å². The number of nitrogens with zero attached hydrogens (tertiary/aromatic N) is 2. The van der Waals surface area contributed by atoms with Gasteiger partial charge in [-0.1, -0.05) is 53.3 Å². The van der Waals surface area contributed by atoms with Crippen LogP contribution >= 0.6 is 22.9 Å². The van der Waals surface area contributed by atoms with Crippen LogP contribution in [0.25, 0.3) is 0 Å². The van der Waals surface area contributed by atoms with Gasteiger partial charge in [0.15, 0.2) is 0 Å². The van der Waals surface area contributed by atoms with Gasteiger partial charge in [0.05, 0.1) is 5.92 Å². The average Bonchev–Trinajstić information content (AvgIpc) is 3.08. The predicted molar refractivity (Wildman–Crippen MR) is 102 cm³/mol. The minimum Gasteiger partial charge on any atom is -0.492 e. The van der Waals surface area contributed by atoms with E-state index in [2.05, 4.69) is 15.5 Å². The predicted octanol–water partition coefficient (Wildman–Crippen LogP) is 3.97. The van der Waals surface area contributed by atoms with Crippen molar-refractivity contribution in [2.45, 2.75) is 12.8 Å². The Morgan fingerprint density at radius 2 is 2.08 bits per heavy atom. The third-order valence-corrected chi connectivity index (χ3v) is 5.27. The number of carbonyl (C=O) groups excluding carboxylic acids is 1. The molecular formula is C19H16ClN3O2S. The Balaban J connectivity index is 1.39. The molecule has 26 heavy (non-hydrogen) atoms. The van der Waals surface area contributed by atoms with Crippen LogP contribution in [0.15, 0.2) is 48.5 Å². The second kappa shape index (κ2) is 7.43. The second-order valence-corrected chi connectivity index (χ2v) is 7.62. The molecular weight excluding hydrogens is 370 g/mol. The Morgan fingerprint density at radius 3 is 2.92 bits per heavy atom. The summed E-state index contributed by atoms with van der Waals surface area (Å²) in [5.41, 5.74) is 2.11. The molecule has 7 heteroatoms. The minimum absolute atomic E-state index is 0.113. The third kappa shape index (κ3) is 3.86. The maximum atomic E-state index is 12.5. The standard InChI is InChI=1S/C19H16ClN3O2S/c20-15-6-7-16-13(10-15)9-14(11-25-16)18(24)21-19-23-22-17(26-19)8-12-4-2-1-3-5-12/h1-7,10,14H,8-9,11H2,(H,21,23,24). The van der Waals surface area contributed by atoms with Gasteiger partial charge in [-0.15, -0.1) is 10.2 Å². The van der Waals surface area contributed by atoms with Gasteiger partial charge in [-0.25, -0.2) is 0 Å². The van der Waals surface area contributed by atoms with Crippen LogP contribution in [-0.2, 0) is 17.6 Å². The van der Waals surface area contributed by atoms with Gasteiger partial charge in [0.2, 0.25) is 11.0 Å². The van der Waals surface area contributed by atoms with Crippen LogP contribution in [0, 0.1) is 5.92 Å². The lowest BCUT2D eigenvalue weighted by molar-refractivity contribution is -0.121. The summed E-state index contributed by atoms with van der Waals surface area (Å²) in [6, 6.07) is 15.5. The highest BCUT2D eigenvalue weighted by Crippen LogP contribution is 2.30. The lowest BCUT2D eigenvalue weighted by atomic mass is 9.96. The first-order valence-electron chi connectivity index (χ1n) is 8.26. The Hall–Kier alpha value is -2.44. The first-order chi connectivity index (χ1) is 12.7. The number of benzene rings is 2. The van der Waals surface area contributed by atoms with E-state index in [9.17, 15) is 4.79 Å². The Bertz CT molecular complexity index is 930. The summed E-state index contributed by atoms with van der Waals surface area (Å²) in [5, 5.41) is 13.1. The van der Waals surface area contributed by atoms with E-state index in [-0.39, 0.29) is 11.8 Å². The van der Waals surface area contributed by atoms with E-state index in [4.69, 9.17) is 16.3 Å². The highest BCUT2D eigenvalue weighted by molar-refractivity contribution is 7.15. The molecule has 3 aromatic rings.